The Morgan fingerprint density at radius 2 is 0.877 bits per heavy atom. The van der Waals surface area contributed by atoms with Gasteiger partial charge in [-0.2, -0.15) is 0 Å². The lowest BCUT2D eigenvalue weighted by molar-refractivity contribution is 0.661. The maximum Gasteiger partial charge on any atom is 0.0714 e. The van der Waals surface area contributed by atoms with Crippen molar-refractivity contribution in [2.24, 2.45) is 0 Å². The standard InChI is InChI=1S/C56H41N/c1-55(2)49-28-16-15-27-48(49)54-52(55)36-39-18-12-13-25-45(39)53(54)38-30-32-43(33-31-38)57(42-23-10-5-11-24-42)44-34-35-47-46-26-14-17-29-50(46)56(51(47)37-44,40-19-6-3-7-20-40)41-21-8-4-9-22-41/h3-37H,1-2H3. The fraction of sp³-hybridized carbons (Fsp3) is 0.0714. The highest BCUT2D eigenvalue weighted by atomic mass is 15.1. The Bertz CT molecular complexity index is 2920. The van der Waals surface area contributed by atoms with Gasteiger partial charge in [-0.15, -0.1) is 0 Å². The molecule has 2 aliphatic rings. The van der Waals surface area contributed by atoms with Crippen LogP contribution in [0.25, 0.3) is 44.2 Å². The third kappa shape index (κ3) is 4.89. The zero-order valence-electron chi connectivity index (χ0n) is 32.2. The lowest BCUT2D eigenvalue weighted by Crippen LogP contribution is -2.28. The lowest BCUT2D eigenvalue weighted by Gasteiger charge is -2.35. The number of benzene rings is 9. The molecule has 0 aliphatic heterocycles. The van der Waals surface area contributed by atoms with E-state index in [1.165, 1.54) is 77.5 Å². The van der Waals surface area contributed by atoms with Gasteiger partial charge in [-0.1, -0.05) is 184 Å². The highest BCUT2D eigenvalue weighted by Gasteiger charge is 2.46. The molecule has 0 saturated heterocycles. The van der Waals surface area contributed by atoms with Gasteiger partial charge in [0.1, 0.15) is 0 Å². The first kappa shape index (κ1) is 33.4. The normalized spacial score (nSPS) is 14.1. The number of nitrogens with zero attached hydrogens (tertiary/aromatic N) is 1. The van der Waals surface area contributed by atoms with Gasteiger partial charge in [-0.05, 0) is 120 Å². The first-order valence-electron chi connectivity index (χ1n) is 20.0. The minimum atomic E-state index is -0.477. The quantitative estimate of drug-likeness (QED) is 0.165. The third-order valence-electron chi connectivity index (χ3n) is 12.7. The Morgan fingerprint density at radius 1 is 0.351 bits per heavy atom. The Labute approximate surface area is 335 Å². The summed E-state index contributed by atoms with van der Waals surface area (Å²) in [6, 6.07) is 78.6. The third-order valence-corrected chi connectivity index (χ3v) is 12.7. The Hall–Kier alpha value is -6.96. The molecule has 57 heavy (non-hydrogen) atoms. The fourth-order valence-electron chi connectivity index (χ4n) is 10.2. The molecule has 0 unspecified atom stereocenters. The van der Waals surface area contributed by atoms with Gasteiger partial charge >= 0.3 is 0 Å². The molecule has 0 fully saturated rings. The number of fused-ring (bicyclic) bond motifs is 7. The molecule has 9 aromatic carbocycles. The second-order valence-corrected chi connectivity index (χ2v) is 16.0. The van der Waals surface area contributed by atoms with E-state index in [4.69, 9.17) is 0 Å². The molecule has 11 rings (SSSR count). The predicted molar refractivity (Wildman–Crippen MR) is 239 cm³/mol. The largest absolute Gasteiger partial charge is 0.310 e. The van der Waals surface area contributed by atoms with Crippen LogP contribution < -0.4 is 4.90 Å². The van der Waals surface area contributed by atoms with Crippen LogP contribution in [0.5, 0.6) is 0 Å². The van der Waals surface area contributed by atoms with Crippen molar-refractivity contribution in [3.8, 4) is 33.4 Å². The van der Waals surface area contributed by atoms with Gasteiger partial charge in [0.2, 0.25) is 0 Å². The van der Waals surface area contributed by atoms with Gasteiger partial charge < -0.3 is 4.90 Å². The summed E-state index contributed by atoms with van der Waals surface area (Å²) in [4.78, 5) is 2.42. The molecule has 0 aromatic heterocycles. The summed E-state index contributed by atoms with van der Waals surface area (Å²) in [5.74, 6) is 0. The summed E-state index contributed by atoms with van der Waals surface area (Å²) in [6.45, 7) is 4.74. The minimum absolute atomic E-state index is 0.0866. The van der Waals surface area contributed by atoms with Gasteiger partial charge in [0.05, 0.1) is 5.41 Å². The number of anilines is 3. The van der Waals surface area contributed by atoms with Crippen LogP contribution in [0.4, 0.5) is 17.1 Å². The van der Waals surface area contributed by atoms with Crippen molar-refractivity contribution in [1.82, 2.24) is 0 Å². The summed E-state index contributed by atoms with van der Waals surface area (Å²) in [5, 5.41) is 2.56. The molecule has 1 nitrogen and oxygen atoms in total. The highest BCUT2D eigenvalue weighted by molar-refractivity contribution is 6.08. The van der Waals surface area contributed by atoms with Gasteiger partial charge in [-0.3, -0.25) is 0 Å². The molecule has 0 saturated carbocycles. The van der Waals surface area contributed by atoms with Crippen LogP contribution >= 0.6 is 0 Å². The summed E-state index contributed by atoms with van der Waals surface area (Å²) in [5.41, 5.74) is 18.5. The van der Waals surface area contributed by atoms with E-state index in [9.17, 15) is 0 Å². The van der Waals surface area contributed by atoms with Crippen LogP contribution in [-0.4, -0.2) is 0 Å². The van der Waals surface area contributed by atoms with E-state index < -0.39 is 5.41 Å². The van der Waals surface area contributed by atoms with Crippen LogP contribution in [-0.2, 0) is 10.8 Å². The topological polar surface area (TPSA) is 3.24 Å². The molecule has 0 atom stereocenters. The number of para-hydroxylation sites is 1. The number of hydrogen-bond donors (Lipinski definition) is 0. The molecule has 0 amide bonds. The minimum Gasteiger partial charge on any atom is -0.310 e. The monoisotopic (exact) mass is 727 g/mol. The summed E-state index contributed by atoms with van der Waals surface area (Å²) < 4.78 is 0. The maximum absolute atomic E-state index is 2.45. The predicted octanol–water partition coefficient (Wildman–Crippen LogP) is 14.6. The van der Waals surface area contributed by atoms with Crippen LogP contribution in [0.3, 0.4) is 0 Å². The van der Waals surface area contributed by atoms with Crippen molar-refractivity contribution in [2.75, 3.05) is 4.90 Å². The zero-order chi connectivity index (χ0) is 38.1. The van der Waals surface area contributed by atoms with Gasteiger partial charge in [-0.25, -0.2) is 0 Å². The van der Waals surface area contributed by atoms with Crippen molar-refractivity contribution in [3.05, 3.63) is 246 Å². The SMILES string of the molecule is CC1(C)c2ccccc2-c2c1cc1ccccc1c2-c1ccc(N(c2ccccc2)c2ccc3c(c2)C(c2ccccc2)(c2ccccc2)c2ccccc2-3)cc1. The zero-order valence-corrected chi connectivity index (χ0v) is 32.2. The van der Waals surface area contributed by atoms with Crippen LogP contribution in [0.2, 0.25) is 0 Å². The maximum atomic E-state index is 2.45. The second-order valence-electron chi connectivity index (χ2n) is 16.0. The van der Waals surface area contributed by atoms with E-state index in [-0.39, 0.29) is 5.41 Å². The second kappa shape index (κ2) is 12.8. The molecule has 0 radical (unpaired) electrons. The van der Waals surface area contributed by atoms with E-state index in [1.807, 2.05) is 0 Å². The van der Waals surface area contributed by atoms with Crippen molar-refractivity contribution in [3.63, 3.8) is 0 Å². The van der Waals surface area contributed by atoms with Crippen molar-refractivity contribution >= 4 is 27.8 Å². The molecular weight excluding hydrogens is 687 g/mol. The smallest absolute Gasteiger partial charge is 0.0714 e. The molecule has 0 heterocycles. The van der Waals surface area contributed by atoms with Crippen molar-refractivity contribution in [2.45, 2.75) is 24.7 Å². The summed E-state index contributed by atoms with van der Waals surface area (Å²) in [6.07, 6.45) is 0. The molecule has 270 valence electrons. The number of rotatable bonds is 6. The summed E-state index contributed by atoms with van der Waals surface area (Å²) >= 11 is 0. The van der Waals surface area contributed by atoms with Crippen molar-refractivity contribution in [1.29, 1.82) is 0 Å². The van der Waals surface area contributed by atoms with E-state index in [0.717, 1.165) is 17.1 Å². The lowest BCUT2D eigenvalue weighted by atomic mass is 9.67. The van der Waals surface area contributed by atoms with E-state index in [2.05, 4.69) is 231 Å². The first-order chi connectivity index (χ1) is 28.0. The van der Waals surface area contributed by atoms with Gasteiger partial charge in [0, 0.05) is 22.5 Å². The van der Waals surface area contributed by atoms with Gasteiger partial charge in [0.25, 0.3) is 0 Å². The molecule has 0 spiro atoms. The van der Waals surface area contributed by atoms with Crippen LogP contribution in [0.1, 0.15) is 47.2 Å². The Morgan fingerprint density at radius 3 is 1.58 bits per heavy atom. The molecule has 9 aromatic rings. The van der Waals surface area contributed by atoms with Crippen molar-refractivity contribution < 1.29 is 0 Å². The molecule has 0 N–H and O–H groups in total. The average Bonchev–Trinajstić information content (AvgIpc) is 3.69. The fourth-order valence-corrected chi connectivity index (χ4v) is 10.2. The first-order valence-corrected chi connectivity index (χ1v) is 20.0. The molecule has 0 bridgehead atoms. The van der Waals surface area contributed by atoms with E-state index >= 15 is 0 Å². The molecular formula is C56H41N. The van der Waals surface area contributed by atoms with Crippen LogP contribution in [0, 0.1) is 0 Å². The average molecular weight is 728 g/mol. The van der Waals surface area contributed by atoms with Gasteiger partial charge in [0.15, 0.2) is 0 Å². The van der Waals surface area contributed by atoms with Crippen LogP contribution in [0.15, 0.2) is 212 Å². The Kier molecular flexibility index (Phi) is 7.50. The number of hydrogen-bond acceptors (Lipinski definition) is 1. The molecule has 1 heteroatoms. The van der Waals surface area contributed by atoms with E-state index in [0.29, 0.717) is 0 Å². The Balaban J connectivity index is 1.11. The summed E-state index contributed by atoms with van der Waals surface area (Å²) in [7, 11) is 0. The highest BCUT2D eigenvalue weighted by Crippen LogP contribution is 2.58. The molecule has 2 aliphatic carbocycles. The van der Waals surface area contributed by atoms with E-state index in [1.54, 1.807) is 0 Å².